The number of ether oxygens (including phenoxy) is 1. The molecule has 3 N–H and O–H groups in total. The zero-order valence-electron chi connectivity index (χ0n) is 22.2. The Bertz CT molecular complexity index is 1870. The number of nitrogens with one attached hydrogen (secondary N) is 1. The standard InChI is InChI=1S/C26H24N5O10P/c1-28-12-18(16-5-3-4-6-20(16)28)22-23(19-13-29(2)21-11-15(31(35)36)7-8-17(19)21)25(33)30(24(22)32)14-40-26(34)27-9-10-41-42(37,38)39/h3-8,11-13H,9-10,14H2,1-2H3,(H,27,34)(H2,37,38,39). The van der Waals surface area contributed by atoms with Crippen LogP contribution in [0.25, 0.3) is 33.0 Å². The van der Waals surface area contributed by atoms with Crippen LogP contribution in [0.5, 0.6) is 0 Å². The lowest BCUT2D eigenvalue weighted by molar-refractivity contribution is -0.384. The van der Waals surface area contributed by atoms with Crippen molar-refractivity contribution >= 4 is 64.4 Å². The van der Waals surface area contributed by atoms with Gasteiger partial charge in [0.15, 0.2) is 6.73 Å². The van der Waals surface area contributed by atoms with Gasteiger partial charge in [-0.1, -0.05) is 18.2 Å². The molecule has 0 unspecified atom stereocenters. The molecule has 0 atom stereocenters. The van der Waals surface area contributed by atoms with Gasteiger partial charge in [0.05, 0.1) is 28.2 Å². The molecule has 2 aromatic carbocycles. The summed E-state index contributed by atoms with van der Waals surface area (Å²) in [6.45, 7) is -1.56. The number of amides is 3. The lowest BCUT2D eigenvalue weighted by Crippen LogP contribution is -2.37. The molecule has 2 aromatic heterocycles. The second-order valence-electron chi connectivity index (χ2n) is 9.38. The maximum Gasteiger partial charge on any atom is 0.469 e. The van der Waals surface area contributed by atoms with E-state index in [2.05, 4.69) is 9.84 Å². The van der Waals surface area contributed by atoms with Gasteiger partial charge in [-0.05, 0) is 12.1 Å². The molecular formula is C26H24N5O10P. The lowest BCUT2D eigenvalue weighted by Gasteiger charge is -2.15. The average Bonchev–Trinajstić information content (AvgIpc) is 3.53. The third-order valence-corrected chi connectivity index (χ3v) is 7.26. The number of carbonyl (C=O) groups excluding carboxylic acids is 3. The van der Waals surface area contributed by atoms with Crippen LogP contribution in [0.3, 0.4) is 0 Å². The molecule has 1 aliphatic heterocycles. The van der Waals surface area contributed by atoms with Crippen LogP contribution in [0.15, 0.2) is 54.9 Å². The van der Waals surface area contributed by atoms with Crippen molar-refractivity contribution in [2.45, 2.75) is 0 Å². The average molecular weight is 597 g/mol. The number of benzene rings is 2. The highest BCUT2D eigenvalue weighted by Gasteiger charge is 2.42. The van der Waals surface area contributed by atoms with Crippen LogP contribution in [0.1, 0.15) is 11.1 Å². The summed E-state index contributed by atoms with van der Waals surface area (Å²) in [5.74, 6) is -1.46. The van der Waals surface area contributed by atoms with E-state index in [4.69, 9.17) is 14.5 Å². The van der Waals surface area contributed by atoms with Crippen LogP contribution in [0.4, 0.5) is 10.5 Å². The minimum Gasteiger partial charge on any atom is -0.428 e. The second kappa shape index (κ2) is 10.9. The van der Waals surface area contributed by atoms with Gasteiger partial charge in [0, 0.05) is 72.6 Å². The number of nitrogens with zero attached hydrogens (tertiary/aromatic N) is 4. The van der Waals surface area contributed by atoms with E-state index in [-0.39, 0.29) is 23.4 Å². The third kappa shape index (κ3) is 5.29. The smallest absolute Gasteiger partial charge is 0.428 e. The van der Waals surface area contributed by atoms with E-state index >= 15 is 0 Å². The number of hydrogen-bond acceptors (Lipinski definition) is 8. The topological polar surface area (TPSA) is 195 Å². The zero-order chi connectivity index (χ0) is 30.3. The van der Waals surface area contributed by atoms with Crippen LogP contribution in [0, 0.1) is 10.1 Å². The Morgan fingerprint density at radius 2 is 1.57 bits per heavy atom. The normalized spacial score (nSPS) is 14.0. The SMILES string of the molecule is Cn1cc(C2=C(c3cn(C)c4cc([N+](=O)[O-])ccc34)C(=O)N(COC(=O)NCCOP(=O)(O)O)C2=O)c2ccccc21. The number of non-ortho nitro benzene ring substituents is 1. The minimum atomic E-state index is -4.72. The molecule has 0 aliphatic carbocycles. The highest BCUT2D eigenvalue weighted by Crippen LogP contribution is 2.42. The second-order valence-corrected chi connectivity index (χ2v) is 10.6. The maximum atomic E-state index is 13.9. The number of nitro benzene ring substituents is 1. The fraction of sp³-hybridized carbons (Fsp3) is 0.192. The molecule has 218 valence electrons. The molecule has 3 amide bonds. The van der Waals surface area contributed by atoms with Gasteiger partial charge in [0.2, 0.25) is 0 Å². The number of phosphoric acid groups is 1. The minimum absolute atomic E-state index is 0.0369. The lowest BCUT2D eigenvalue weighted by atomic mass is 9.95. The third-order valence-electron chi connectivity index (χ3n) is 6.74. The van der Waals surface area contributed by atoms with Crippen molar-refractivity contribution in [3.8, 4) is 0 Å². The van der Waals surface area contributed by atoms with E-state index in [0.29, 0.717) is 27.4 Å². The summed E-state index contributed by atoms with van der Waals surface area (Å²) in [5, 5.41) is 14.8. The number of para-hydroxylation sites is 1. The van der Waals surface area contributed by atoms with E-state index in [1.165, 1.54) is 18.2 Å². The molecule has 0 radical (unpaired) electrons. The molecule has 16 heteroatoms. The van der Waals surface area contributed by atoms with E-state index in [1.54, 1.807) is 37.1 Å². The Hall–Kier alpha value is -4.82. The number of carbonyl (C=O) groups is 3. The number of hydrogen-bond donors (Lipinski definition) is 3. The molecule has 0 spiro atoms. The summed E-state index contributed by atoms with van der Waals surface area (Å²) < 4.78 is 23.5. The summed E-state index contributed by atoms with van der Waals surface area (Å²) in [6, 6.07) is 11.5. The zero-order valence-corrected chi connectivity index (χ0v) is 23.1. The van der Waals surface area contributed by atoms with Crippen molar-refractivity contribution in [2.75, 3.05) is 19.9 Å². The summed E-state index contributed by atoms with van der Waals surface area (Å²) in [6.07, 6.45) is 2.28. The molecule has 5 rings (SSSR count). The first-order chi connectivity index (χ1) is 19.9. The van der Waals surface area contributed by atoms with Gasteiger partial charge >= 0.3 is 13.9 Å². The number of alkyl carbamates (subject to hydrolysis) is 1. The Balaban J connectivity index is 1.53. The summed E-state index contributed by atoms with van der Waals surface area (Å²) in [4.78, 5) is 68.9. The van der Waals surface area contributed by atoms with E-state index < -0.39 is 44.0 Å². The molecule has 15 nitrogen and oxygen atoms in total. The quantitative estimate of drug-likeness (QED) is 0.0848. The van der Waals surface area contributed by atoms with Crippen LogP contribution >= 0.6 is 7.82 Å². The van der Waals surface area contributed by atoms with E-state index in [0.717, 1.165) is 10.4 Å². The monoisotopic (exact) mass is 597 g/mol. The number of rotatable bonds is 9. The Kier molecular flexibility index (Phi) is 7.43. The van der Waals surface area contributed by atoms with Crippen molar-refractivity contribution in [3.63, 3.8) is 0 Å². The van der Waals surface area contributed by atoms with Gasteiger partial charge in [-0.3, -0.25) is 24.2 Å². The molecule has 0 fully saturated rings. The van der Waals surface area contributed by atoms with Gasteiger partial charge in [-0.25, -0.2) is 14.3 Å². The molecule has 0 saturated heterocycles. The highest BCUT2D eigenvalue weighted by molar-refractivity contribution is 7.46. The molecule has 0 bridgehead atoms. The van der Waals surface area contributed by atoms with Crippen LogP contribution in [0.2, 0.25) is 0 Å². The van der Waals surface area contributed by atoms with Crippen LogP contribution < -0.4 is 5.32 Å². The fourth-order valence-electron chi connectivity index (χ4n) is 4.91. The Morgan fingerprint density at radius 1 is 0.976 bits per heavy atom. The number of imide groups is 1. The molecule has 4 aromatic rings. The number of aromatic nitrogens is 2. The number of phosphoric ester groups is 1. The first-order valence-corrected chi connectivity index (χ1v) is 13.9. The van der Waals surface area contributed by atoms with Crippen molar-refractivity contribution < 1.29 is 42.9 Å². The van der Waals surface area contributed by atoms with Gasteiger partial charge in [-0.2, -0.15) is 0 Å². The van der Waals surface area contributed by atoms with Gasteiger partial charge < -0.3 is 29.0 Å². The van der Waals surface area contributed by atoms with Gasteiger partial charge in [0.25, 0.3) is 17.5 Å². The largest absolute Gasteiger partial charge is 0.469 e. The number of nitro groups is 1. The summed E-state index contributed by atoms with van der Waals surface area (Å²) >= 11 is 0. The van der Waals surface area contributed by atoms with Crippen molar-refractivity contribution in [1.29, 1.82) is 0 Å². The van der Waals surface area contributed by atoms with Crippen molar-refractivity contribution in [1.82, 2.24) is 19.4 Å². The first kappa shape index (κ1) is 28.7. The summed E-state index contributed by atoms with van der Waals surface area (Å²) in [7, 11) is -1.26. The van der Waals surface area contributed by atoms with Crippen molar-refractivity contribution in [2.24, 2.45) is 14.1 Å². The Labute approximate surface area is 236 Å². The molecule has 1 aliphatic rings. The predicted octanol–water partition coefficient (Wildman–Crippen LogP) is 2.65. The van der Waals surface area contributed by atoms with Crippen LogP contribution in [-0.4, -0.2) is 66.5 Å². The predicted molar refractivity (Wildman–Crippen MR) is 149 cm³/mol. The van der Waals surface area contributed by atoms with E-state index in [1.807, 2.05) is 22.8 Å². The molecule has 3 heterocycles. The maximum absolute atomic E-state index is 13.9. The first-order valence-electron chi connectivity index (χ1n) is 12.4. The van der Waals surface area contributed by atoms with Gasteiger partial charge in [0.1, 0.15) is 0 Å². The fourth-order valence-corrected chi connectivity index (χ4v) is 5.24. The molecular weight excluding hydrogens is 573 g/mol. The van der Waals surface area contributed by atoms with E-state index in [9.17, 15) is 29.1 Å². The Morgan fingerprint density at radius 3 is 2.19 bits per heavy atom. The van der Waals surface area contributed by atoms with Crippen LogP contribution in [-0.2, 0) is 37.5 Å². The van der Waals surface area contributed by atoms with Gasteiger partial charge in [-0.15, -0.1) is 0 Å². The molecule has 0 saturated carbocycles. The van der Waals surface area contributed by atoms with Crippen molar-refractivity contribution in [3.05, 3.63) is 76.1 Å². The highest BCUT2D eigenvalue weighted by atomic mass is 31.2. The summed E-state index contributed by atoms with van der Waals surface area (Å²) in [5.41, 5.74) is 2.08. The number of fused-ring (bicyclic) bond motifs is 2. The molecule has 42 heavy (non-hydrogen) atoms. The number of aryl methyl sites for hydroxylation is 2.